The Morgan fingerprint density at radius 2 is 1.82 bits per heavy atom. The van der Waals surface area contributed by atoms with Crippen molar-refractivity contribution < 1.29 is 28.6 Å². The molecule has 2 aliphatic rings. The highest BCUT2D eigenvalue weighted by Crippen LogP contribution is 2.35. The van der Waals surface area contributed by atoms with Crippen LogP contribution in [-0.2, 0) is 15.5 Å². The van der Waals surface area contributed by atoms with Gasteiger partial charge in [-0.15, -0.1) is 0 Å². The van der Waals surface area contributed by atoms with Crippen molar-refractivity contribution in [3.63, 3.8) is 0 Å². The minimum atomic E-state index is -3.41. The Kier molecular flexibility index (Phi) is 9.01. The molecular formula is C26H35F2NO4. The maximum absolute atomic E-state index is 14.5. The number of carbonyl (C=O) groups excluding carboxylic acids is 1. The van der Waals surface area contributed by atoms with Crippen molar-refractivity contribution in [2.24, 2.45) is 11.8 Å². The number of aliphatic hydroxyl groups is 1. The number of aliphatic hydroxyl groups excluding tert-OH is 1. The summed E-state index contributed by atoms with van der Waals surface area (Å²) >= 11 is 0. The number of halogens is 2. The predicted octanol–water partition coefficient (Wildman–Crippen LogP) is 5.14. The van der Waals surface area contributed by atoms with Crippen LogP contribution in [0.1, 0.15) is 69.8 Å². The summed E-state index contributed by atoms with van der Waals surface area (Å²) < 4.78 is 29.0. The van der Waals surface area contributed by atoms with Gasteiger partial charge in [0.2, 0.25) is 5.91 Å². The monoisotopic (exact) mass is 463 g/mol. The second-order valence-corrected chi connectivity index (χ2v) is 9.35. The quantitative estimate of drug-likeness (QED) is 0.332. The molecule has 1 aromatic carbocycles. The molecule has 1 saturated heterocycles. The molecule has 1 amide bonds. The SMILES string of the molecule is O=C(O)C(CCCCCN1C(=O)CC[C@@H]1/C=C/[C@@H](O)C(F)(F)c1ccccc1)C1CCCC1. The van der Waals surface area contributed by atoms with Crippen LogP contribution in [0.3, 0.4) is 0 Å². The predicted molar refractivity (Wildman–Crippen MR) is 122 cm³/mol. The first-order valence-corrected chi connectivity index (χ1v) is 12.1. The van der Waals surface area contributed by atoms with Crippen molar-refractivity contribution in [1.82, 2.24) is 4.90 Å². The number of benzene rings is 1. The second-order valence-electron chi connectivity index (χ2n) is 9.35. The number of unbranched alkanes of at least 4 members (excludes halogenated alkanes) is 2. The third-order valence-corrected chi connectivity index (χ3v) is 7.12. The summed E-state index contributed by atoms with van der Waals surface area (Å²) in [6.45, 7) is 0.514. The molecular weight excluding hydrogens is 428 g/mol. The van der Waals surface area contributed by atoms with Crippen LogP contribution in [0.15, 0.2) is 42.5 Å². The molecule has 1 unspecified atom stereocenters. The van der Waals surface area contributed by atoms with E-state index in [4.69, 9.17) is 0 Å². The number of alkyl halides is 2. The van der Waals surface area contributed by atoms with Crippen LogP contribution < -0.4 is 0 Å². The van der Waals surface area contributed by atoms with Gasteiger partial charge in [0.05, 0.1) is 12.0 Å². The second kappa shape index (κ2) is 11.7. The molecule has 182 valence electrons. The number of amides is 1. The minimum absolute atomic E-state index is 0.0108. The zero-order valence-corrected chi connectivity index (χ0v) is 19.0. The van der Waals surface area contributed by atoms with E-state index in [2.05, 4.69) is 0 Å². The summed E-state index contributed by atoms with van der Waals surface area (Å²) in [5.41, 5.74) is -0.251. The molecule has 1 aromatic rings. The Labute approximate surface area is 194 Å². The number of aliphatic carboxylic acids is 1. The van der Waals surface area contributed by atoms with Gasteiger partial charge in [-0.3, -0.25) is 9.59 Å². The van der Waals surface area contributed by atoms with Crippen molar-refractivity contribution in [3.05, 3.63) is 48.0 Å². The molecule has 2 N–H and O–H groups in total. The molecule has 33 heavy (non-hydrogen) atoms. The molecule has 1 saturated carbocycles. The van der Waals surface area contributed by atoms with E-state index in [9.17, 15) is 28.6 Å². The maximum Gasteiger partial charge on any atom is 0.306 e. The Hall–Kier alpha value is -2.28. The number of nitrogens with zero attached hydrogens (tertiary/aromatic N) is 1. The fourth-order valence-corrected chi connectivity index (χ4v) is 5.18. The van der Waals surface area contributed by atoms with E-state index in [1.807, 2.05) is 0 Å². The van der Waals surface area contributed by atoms with Gasteiger partial charge in [-0.25, -0.2) is 0 Å². The standard InChI is InChI=1S/C26H35F2NO4/c27-26(28,20-11-3-1-4-12-20)23(30)16-14-21-15-17-24(31)29(21)18-8-2-5-13-22(25(32)33)19-9-6-7-10-19/h1,3-4,11-12,14,16,19,21-23,30H,2,5-10,13,15,17-18H2,(H,32,33)/b16-14+/t21-,22?,23+/m0/s1. The molecule has 7 heteroatoms. The van der Waals surface area contributed by atoms with Gasteiger partial charge in [-0.1, -0.05) is 68.2 Å². The highest BCUT2D eigenvalue weighted by atomic mass is 19.3. The zero-order valence-electron chi connectivity index (χ0n) is 19.0. The van der Waals surface area contributed by atoms with Crippen LogP contribution in [0.4, 0.5) is 8.78 Å². The van der Waals surface area contributed by atoms with Crippen molar-refractivity contribution in [2.75, 3.05) is 6.54 Å². The maximum atomic E-state index is 14.5. The molecule has 0 aromatic heterocycles. The summed E-state index contributed by atoms with van der Waals surface area (Å²) in [6.07, 6.45) is 8.84. The number of likely N-dealkylation sites (tertiary alicyclic amines) is 1. The van der Waals surface area contributed by atoms with E-state index in [1.165, 1.54) is 30.3 Å². The first-order valence-electron chi connectivity index (χ1n) is 12.1. The van der Waals surface area contributed by atoms with Crippen molar-refractivity contribution >= 4 is 11.9 Å². The molecule has 3 rings (SSSR count). The summed E-state index contributed by atoms with van der Waals surface area (Å²) in [7, 11) is 0. The fraction of sp³-hybridized carbons (Fsp3) is 0.615. The third-order valence-electron chi connectivity index (χ3n) is 7.12. The van der Waals surface area contributed by atoms with E-state index in [1.54, 1.807) is 11.0 Å². The number of carbonyl (C=O) groups is 2. The topological polar surface area (TPSA) is 77.8 Å². The smallest absolute Gasteiger partial charge is 0.306 e. The lowest BCUT2D eigenvalue weighted by Crippen LogP contribution is -2.34. The largest absolute Gasteiger partial charge is 0.481 e. The van der Waals surface area contributed by atoms with E-state index < -0.39 is 18.0 Å². The van der Waals surface area contributed by atoms with Gasteiger partial charge >= 0.3 is 11.9 Å². The van der Waals surface area contributed by atoms with Crippen LogP contribution in [-0.4, -0.2) is 45.7 Å². The van der Waals surface area contributed by atoms with Gasteiger partial charge in [-0.2, -0.15) is 8.78 Å². The van der Waals surface area contributed by atoms with Crippen LogP contribution in [0.25, 0.3) is 0 Å². The Morgan fingerprint density at radius 3 is 2.48 bits per heavy atom. The first kappa shape index (κ1) is 25.3. The lowest BCUT2D eigenvalue weighted by Gasteiger charge is -2.24. The van der Waals surface area contributed by atoms with Gasteiger partial charge < -0.3 is 15.1 Å². The number of hydrogen-bond acceptors (Lipinski definition) is 3. The van der Waals surface area contributed by atoms with Crippen LogP contribution in [0.2, 0.25) is 0 Å². The summed E-state index contributed by atoms with van der Waals surface area (Å²) in [6, 6.07) is 6.91. The van der Waals surface area contributed by atoms with Crippen molar-refractivity contribution in [3.8, 4) is 0 Å². The number of hydrogen-bond donors (Lipinski definition) is 2. The highest BCUT2D eigenvalue weighted by molar-refractivity contribution is 5.79. The first-order chi connectivity index (χ1) is 15.8. The molecule has 1 heterocycles. The van der Waals surface area contributed by atoms with E-state index in [0.29, 0.717) is 25.8 Å². The summed E-state index contributed by atoms with van der Waals surface area (Å²) in [5.74, 6) is -4.11. The van der Waals surface area contributed by atoms with Gasteiger partial charge in [0.15, 0.2) is 0 Å². The summed E-state index contributed by atoms with van der Waals surface area (Å²) in [5, 5.41) is 19.6. The lowest BCUT2D eigenvalue weighted by atomic mass is 9.86. The Bertz CT molecular complexity index is 808. The average Bonchev–Trinajstić information content (AvgIpc) is 3.45. The number of rotatable bonds is 12. The number of carboxylic acids is 1. The number of carboxylic acid groups (broad SMARTS) is 1. The highest BCUT2D eigenvalue weighted by Gasteiger charge is 2.39. The van der Waals surface area contributed by atoms with E-state index >= 15 is 0 Å². The third kappa shape index (κ3) is 6.62. The molecule has 0 spiro atoms. The van der Waals surface area contributed by atoms with Gasteiger partial charge in [0.25, 0.3) is 0 Å². The van der Waals surface area contributed by atoms with Gasteiger partial charge in [0, 0.05) is 18.5 Å². The van der Waals surface area contributed by atoms with Crippen molar-refractivity contribution in [1.29, 1.82) is 0 Å². The zero-order chi connectivity index (χ0) is 23.8. The van der Waals surface area contributed by atoms with Crippen molar-refractivity contribution in [2.45, 2.75) is 82.3 Å². The molecule has 3 atom stereocenters. The van der Waals surface area contributed by atoms with Gasteiger partial charge in [-0.05, 0) is 38.0 Å². The molecule has 1 aliphatic carbocycles. The van der Waals surface area contributed by atoms with Crippen LogP contribution in [0.5, 0.6) is 0 Å². The molecule has 2 fully saturated rings. The molecule has 0 bridgehead atoms. The van der Waals surface area contributed by atoms with E-state index in [0.717, 1.165) is 51.0 Å². The summed E-state index contributed by atoms with van der Waals surface area (Å²) in [4.78, 5) is 25.6. The Balaban J connectivity index is 1.47. The molecule has 0 radical (unpaired) electrons. The molecule has 5 nitrogen and oxygen atoms in total. The van der Waals surface area contributed by atoms with Crippen LogP contribution >= 0.6 is 0 Å². The van der Waals surface area contributed by atoms with E-state index in [-0.39, 0.29) is 29.3 Å². The molecule has 1 aliphatic heterocycles. The lowest BCUT2D eigenvalue weighted by molar-refractivity contribution is -0.144. The fourth-order valence-electron chi connectivity index (χ4n) is 5.18. The minimum Gasteiger partial charge on any atom is -0.481 e. The average molecular weight is 464 g/mol. The Morgan fingerprint density at radius 1 is 1.12 bits per heavy atom. The van der Waals surface area contributed by atoms with Gasteiger partial charge in [0.1, 0.15) is 6.10 Å². The van der Waals surface area contributed by atoms with Crippen LogP contribution in [0, 0.1) is 11.8 Å². The normalized spacial score (nSPS) is 21.7.